The number of nitrogens with zero attached hydrogens (tertiary/aromatic N) is 1. The van der Waals surface area contributed by atoms with Crippen molar-refractivity contribution < 1.29 is 13.9 Å². The number of benzene rings is 1. The average molecular weight is 322 g/mol. The van der Waals surface area contributed by atoms with Crippen molar-refractivity contribution in [2.24, 2.45) is 0 Å². The van der Waals surface area contributed by atoms with Crippen LogP contribution in [0.15, 0.2) is 41.0 Å². The molecule has 5 heteroatoms. The van der Waals surface area contributed by atoms with Crippen LogP contribution in [-0.4, -0.2) is 24.5 Å². The molecular weight excluding hydrogens is 302 g/mol. The van der Waals surface area contributed by atoms with Gasteiger partial charge in [-0.15, -0.1) is 0 Å². The second-order valence-corrected chi connectivity index (χ2v) is 5.60. The van der Waals surface area contributed by atoms with E-state index in [1.807, 2.05) is 37.3 Å². The van der Waals surface area contributed by atoms with Gasteiger partial charge in [-0.2, -0.15) is 0 Å². The number of carbonyl (C=O) groups is 1. The van der Waals surface area contributed by atoms with Crippen LogP contribution < -0.4 is 4.74 Å². The summed E-state index contributed by atoms with van der Waals surface area (Å²) in [5.74, 6) is 1.63. The minimum atomic E-state index is 0.0762. The molecule has 1 heterocycles. The van der Waals surface area contributed by atoms with Crippen LogP contribution in [0.3, 0.4) is 0 Å². The molecule has 0 aliphatic rings. The summed E-state index contributed by atoms with van der Waals surface area (Å²) >= 11 is 5.96. The summed E-state index contributed by atoms with van der Waals surface area (Å²) in [7, 11) is 1.77. The molecule has 0 aliphatic carbocycles. The van der Waals surface area contributed by atoms with Crippen molar-refractivity contribution in [2.45, 2.75) is 26.3 Å². The van der Waals surface area contributed by atoms with E-state index in [4.69, 9.17) is 20.8 Å². The summed E-state index contributed by atoms with van der Waals surface area (Å²) in [6.45, 7) is 2.92. The highest BCUT2D eigenvalue weighted by molar-refractivity contribution is 6.31. The van der Waals surface area contributed by atoms with E-state index in [1.165, 1.54) is 0 Å². The van der Waals surface area contributed by atoms with E-state index in [0.717, 1.165) is 22.1 Å². The molecule has 0 N–H and O–H groups in total. The molecule has 0 saturated carbocycles. The van der Waals surface area contributed by atoms with Gasteiger partial charge in [-0.3, -0.25) is 4.79 Å². The molecule has 0 saturated heterocycles. The van der Waals surface area contributed by atoms with Crippen LogP contribution >= 0.6 is 11.6 Å². The van der Waals surface area contributed by atoms with Gasteiger partial charge in [-0.05, 0) is 49.2 Å². The van der Waals surface area contributed by atoms with E-state index in [2.05, 4.69) is 0 Å². The summed E-state index contributed by atoms with van der Waals surface area (Å²) in [6.07, 6.45) is 2.72. The maximum absolute atomic E-state index is 12.0. The Hall–Kier alpha value is -1.94. The Kier molecular flexibility index (Phi) is 5.90. The van der Waals surface area contributed by atoms with Gasteiger partial charge in [0, 0.05) is 18.5 Å². The van der Waals surface area contributed by atoms with Crippen molar-refractivity contribution in [2.75, 3.05) is 13.7 Å². The quantitative estimate of drug-likeness (QED) is 0.722. The van der Waals surface area contributed by atoms with Gasteiger partial charge < -0.3 is 14.1 Å². The fraction of sp³-hybridized carbons (Fsp3) is 0.353. The molecule has 118 valence electrons. The Labute approximate surface area is 135 Å². The summed E-state index contributed by atoms with van der Waals surface area (Å²) in [5.41, 5.74) is 0.980. The lowest BCUT2D eigenvalue weighted by molar-refractivity contribution is -0.130. The third kappa shape index (κ3) is 4.81. The van der Waals surface area contributed by atoms with Gasteiger partial charge in [0.1, 0.15) is 11.5 Å². The topological polar surface area (TPSA) is 42.7 Å². The molecule has 0 spiro atoms. The molecule has 4 nitrogen and oxygen atoms in total. The fourth-order valence-corrected chi connectivity index (χ4v) is 2.15. The fourth-order valence-electron chi connectivity index (χ4n) is 2.04. The Morgan fingerprint density at radius 3 is 2.86 bits per heavy atom. The molecule has 1 aromatic carbocycles. The predicted molar refractivity (Wildman–Crippen MR) is 86.1 cm³/mol. The lowest BCUT2D eigenvalue weighted by atomic mass is 10.2. The Balaban J connectivity index is 1.69. The molecule has 0 bridgehead atoms. The van der Waals surface area contributed by atoms with E-state index >= 15 is 0 Å². The van der Waals surface area contributed by atoms with Crippen LogP contribution in [0.2, 0.25) is 5.02 Å². The number of carbonyl (C=O) groups excluding carboxylic acids is 1. The van der Waals surface area contributed by atoms with Crippen LogP contribution in [0, 0.1) is 6.92 Å². The van der Waals surface area contributed by atoms with Crippen LogP contribution in [0.1, 0.15) is 24.2 Å². The number of furan rings is 1. The van der Waals surface area contributed by atoms with Crippen molar-refractivity contribution in [1.82, 2.24) is 4.90 Å². The van der Waals surface area contributed by atoms with Crippen molar-refractivity contribution in [1.29, 1.82) is 0 Å². The second-order valence-electron chi connectivity index (χ2n) is 5.19. The highest BCUT2D eigenvalue weighted by atomic mass is 35.5. The van der Waals surface area contributed by atoms with Crippen LogP contribution in [0.25, 0.3) is 0 Å². The smallest absolute Gasteiger partial charge is 0.222 e. The maximum atomic E-state index is 12.0. The van der Waals surface area contributed by atoms with Crippen LogP contribution in [0.4, 0.5) is 0 Å². The largest absolute Gasteiger partial charge is 0.494 e. The molecule has 2 rings (SSSR count). The van der Waals surface area contributed by atoms with Crippen molar-refractivity contribution in [3.05, 3.63) is 52.9 Å². The number of ether oxygens (including phenoxy) is 1. The van der Waals surface area contributed by atoms with Crippen LogP contribution in [0.5, 0.6) is 5.75 Å². The van der Waals surface area contributed by atoms with Gasteiger partial charge >= 0.3 is 0 Å². The van der Waals surface area contributed by atoms with E-state index in [0.29, 0.717) is 26.0 Å². The first kappa shape index (κ1) is 16.4. The van der Waals surface area contributed by atoms with E-state index in [9.17, 15) is 4.79 Å². The standard InChI is InChI=1S/C17H20ClNO3/c1-13-11-14(7-8-16(13)18)21-10-4-6-17(20)19(2)12-15-5-3-9-22-15/h3,5,7-9,11H,4,6,10,12H2,1-2H3. The molecule has 1 aromatic heterocycles. The third-order valence-electron chi connectivity index (χ3n) is 3.33. The van der Waals surface area contributed by atoms with Crippen molar-refractivity contribution >= 4 is 17.5 Å². The van der Waals surface area contributed by atoms with Gasteiger partial charge in [0.25, 0.3) is 0 Å². The summed E-state index contributed by atoms with van der Waals surface area (Å²) < 4.78 is 10.9. The van der Waals surface area contributed by atoms with E-state index in [-0.39, 0.29) is 5.91 Å². The highest BCUT2D eigenvalue weighted by Gasteiger charge is 2.10. The summed E-state index contributed by atoms with van der Waals surface area (Å²) in [6, 6.07) is 9.22. The van der Waals surface area contributed by atoms with Crippen LogP contribution in [-0.2, 0) is 11.3 Å². The number of amides is 1. The Morgan fingerprint density at radius 1 is 1.36 bits per heavy atom. The normalized spacial score (nSPS) is 10.5. The molecule has 22 heavy (non-hydrogen) atoms. The number of rotatable bonds is 7. The molecule has 1 amide bonds. The van der Waals surface area contributed by atoms with Crippen molar-refractivity contribution in [3.63, 3.8) is 0 Å². The molecule has 0 unspecified atom stereocenters. The predicted octanol–water partition coefficient (Wildman–Crippen LogP) is 4.06. The zero-order valence-corrected chi connectivity index (χ0v) is 13.6. The van der Waals surface area contributed by atoms with Gasteiger partial charge in [-0.25, -0.2) is 0 Å². The minimum Gasteiger partial charge on any atom is -0.494 e. The monoisotopic (exact) mass is 321 g/mol. The summed E-state index contributed by atoms with van der Waals surface area (Å²) in [4.78, 5) is 13.6. The lowest BCUT2D eigenvalue weighted by Gasteiger charge is -2.15. The molecule has 0 radical (unpaired) electrons. The van der Waals surface area contributed by atoms with Gasteiger partial charge in [-0.1, -0.05) is 11.6 Å². The number of hydrogen-bond donors (Lipinski definition) is 0. The molecule has 0 aliphatic heterocycles. The molecule has 0 fully saturated rings. The SMILES string of the molecule is Cc1cc(OCCCC(=O)N(C)Cc2ccco2)ccc1Cl. The number of hydrogen-bond acceptors (Lipinski definition) is 3. The van der Waals surface area contributed by atoms with Gasteiger partial charge in [0.2, 0.25) is 5.91 Å². The van der Waals surface area contributed by atoms with E-state index in [1.54, 1.807) is 18.2 Å². The zero-order valence-electron chi connectivity index (χ0n) is 12.8. The minimum absolute atomic E-state index is 0.0762. The van der Waals surface area contributed by atoms with Gasteiger partial charge in [0.05, 0.1) is 19.4 Å². The molecule has 2 aromatic rings. The maximum Gasteiger partial charge on any atom is 0.222 e. The van der Waals surface area contributed by atoms with Crippen molar-refractivity contribution in [3.8, 4) is 5.75 Å². The zero-order chi connectivity index (χ0) is 15.9. The highest BCUT2D eigenvalue weighted by Crippen LogP contribution is 2.21. The Bertz CT molecular complexity index is 610. The number of halogens is 1. The average Bonchev–Trinajstić information content (AvgIpc) is 2.99. The van der Waals surface area contributed by atoms with Gasteiger partial charge in [0.15, 0.2) is 0 Å². The molecular formula is C17H20ClNO3. The number of aryl methyl sites for hydroxylation is 1. The Morgan fingerprint density at radius 2 is 2.18 bits per heavy atom. The summed E-state index contributed by atoms with van der Waals surface area (Å²) in [5, 5.41) is 0.724. The second kappa shape index (κ2) is 7.90. The lowest BCUT2D eigenvalue weighted by Crippen LogP contribution is -2.26. The van der Waals surface area contributed by atoms with E-state index < -0.39 is 0 Å². The first-order chi connectivity index (χ1) is 10.6. The molecule has 0 atom stereocenters. The first-order valence-electron chi connectivity index (χ1n) is 7.21. The first-order valence-corrected chi connectivity index (χ1v) is 7.59. The third-order valence-corrected chi connectivity index (χ3v) is 3.76.